The molecule has 0 radical (unpaired) electrons. The Bertz CT molecular complexity index is 838. The van der Waals surface area contributed by atoms with Crippen molar-refractivity contribution in [2.45, 2.75) is 38.0 Å². The van der Waals surface area contributed by atoms with Gasteiger partial charge in [0.25, 0.3) is 5.91 Å². The van der Waals surface area contributed by atoms with Crippen LogP contribution in [0.1, 0.15) is 31.4 Å². The predicted octanol–water partition coefficient (Wildman–Crippen LogP) is 3.82. The molecule has 0 aromatic heterocycles. The van der Waals surface area contributed by atoms with Crippen molar-refractivity contribution in [3.63, 3.8) is 0 Å². The number of nitrogens with one attached hydrogen (secondary N) is 1. The Labute approximate surface area is 170 Å². The molecule has 1 fully saturated rings. The second-order valence-electron chi connectivity index (χ2n) is 7.37. The van der Waals surface area contributed by atoms with Crippen LogP contribution in [-0.2, 0) is 4.79 Å². The second kappa shape index (κ2) is 8.41. The van der Waals surface area contributed by atoms with Gasteiger partial charge in [-0.1, -0.05) is 35.9 Å². The van der Waals surface area contributed by atoms with Gasteiger partial charge in [0.2, 0.25) is 6.10 Å². The molecule has 0 aliphatic carbocycles. The number of hydrogen-bond donors (Lipinski definition) is 1. The molecule has 5 nitrogen and oxygen atoms in total. The van der Waals surface area contributed by atoms with E-state index in [1.165, 1.54) is 12.8 Å². The van der Waals surface area contributed by atoms with Crippen molar-refractivity contribution < 1.29 is 14.3 Å². The van der Waals surface area contributed by atoms with Crippen LogP contribution in [0.3, 0.4) is 0 Å². The molecule has 4 rings (SSSR count). The fraction of sp³-hybridized carbons (Fsp3) is 0.409. The zero-order chi connectivity index (χ0) is 19.5. The van der Waals surface area contributed by atoms with Crippen LogP contribution in [0, 0.1) is 0 Å². The van der Waals surface area contributed by atoms with E-state index in [9.17, 15) is 4.79 Å². The van der Waals surface area contributed by atoms with E-state index in [0.29, 0.717) is 23.1 Å². The van der Waals surface area contributed by atoms with Crippen molar-refractivity contribution in [1.82, 2.24) is 10.2 Å². The number of para-hydroxylation sites is 2. The first-order chi connectivity index (χ1) is 13.6. The van der Waals surface area contributed by atoms with Crippen molar-refractivity contribution in [2.75, 3.05) is 19.6 Å². The molecule has 1 amide bonds. The highest BCUT2D eigenvalue weighted by Gasteiger charge is 2.34. The first-order valence-electron chi connectivity index (χ1n) is 9.81. The standard InChI is InChI=1S/C22H25ClN2O3/c1-15-21(28-20-10-3-2-9-19(20)27-15)22(26)24-14-18(25-11-4-5-12-25)16-7-6-8-17(23)13-16/h2-3,6-10,13,15,18,21H,4-5,11-12,14H2,1H3,(H,24,26). The Morgan fingerprint density at radius 1 is 1.14 bits per heavy atom. The molecule has 1 N–H and O–H groups in total. The van der Waals surface area contributed by atoms with Crippen LogP contribution in [0.15, 0.2) is 48.5 Å². The van der Waals surface area contributed by atoms with Gasteiger partial charge in [-0.3, -0.25) is 9.69 Å². The molecular weight excluding hydrogens is 376 g/mol. The lowest BCUT2D eigenvalue weighted by Gasteiger charge is -2.32. The molecule has 0 bridgehead atoms. The average Bonchev–Trinajstić information content (AvgIpc) is 3.22. The number of halogens is 1. The Kier molecular flexibility index (Phi) is 5.74. The van der Waals surface area contributed by atoms with Gasteiger partial charge in [0.05, 0.1) is 6.04 Å². The van der Waals surface area contributed by atoms with E-state index in [1.54, 1.807) is 0 Å². The minimum atomic E-state index is -0.673. The van der Waals surface area contributed by atoms with Gasteiger partial charge in [-0.2, -0.15) is 0 Å². The van der Waals surface area contributed by atoms with Gasteiger partial charge in [0.15, 0.2) is 11.5 Å². The zero-order valence-corrected chi connectivity index (χ0v) is 16.7. The van der Waals surface area contributed by atoms with Crippen molar-refractivity contribution >= 4 is 17.5 Å². The minimum Gasteiger partial charge on any atom is -0.482 e. The van der Waals surface area contributed by atoms with Crippen LogP contribution in [0.2, 0.25) is 5.02 Å². The van der Waals surface area contributed by atoms with E-state index < -0.39 is 6.10 Å². The Hall–Kier alpha value is -2.24. The molecule has 0 spiro atoms. The lowest BCUT2D eigenvalue weighted by Crippen LogP contribution is -2.50. The fourth-order valence-electron chi connectivity index (χ4n) is 3.93. The third-order valence-corrected chi connectivity index (χ3v) is 5.62. The summed E-state index contributed by atoms with van der Waals surface area (Å²) in [4.78, 5) is 15.3. The van der Waals surface area contributed by atoms with Gasteiger partial charge in [-0.25, -0.2) is 0 Å². The minimum absolute atomic E-state index is 0.0947. The summed E-state index contributed by atoms with van der Waals surface area (Å²) in [6.45, 7) is 4.42. The SMILES string of the molecule is CC1Oc2ccccc2OC1C(=O)NCC(c1cccc(Cl)c1)N1CCCC1. The molecule has 1 saturated heterocycles. The number of fused-ring (bicyclic) bond motifs is 1. The molecule has 2 aromatic rings. The summed E-state index contributed by atoms with van der Waals surface area (Å²) in [5.41, 5.74) is 1.12. The van der Waals surface area contributed by atoms with Gasteiger partial charge in [-0.15, -0.1) is 0 Å². The maximum Gasteiger partial charge on any atom is 0.265 e. The number of amides is 1. The Morgan fingerprint density at radius 2 is 1.86 bits per heavy atom. The van der Waals surface area contributed by atoms with Crippen LogP contribution in [0.5, 0.6) is 11.5 Å². The number of benzene rings is 2. The third kappa shape index (κ3) is 4.10. The van der Waals surface area contributed by atoms with E-state index in [2.05, 4.69) is 16.3 Å². The quantitative estimate of drug-likeness (QED) is 0.828. The molecule has 3 unspecified atom stereocenters. The smallest absolute Gasteiger partial charge is 0.265 e. The predicted molar refractivity (Wildman–Crippen MR) is 109 cm³/mol. The highest BCUT2D eigenvalue weighted by atomic mass is 35.5. The summed E-state index contributed by atoms with van der Waals surface area (Å²) in [6, 6.07) is 15.4. The van der Waals surface area contributed by atoms with Crippen molar-refractivity contribution in [3.8, 4) is 11.5 Å². The Morgan fingerprint density at radius 3 is 2.57 bits per heavy atom. The van der Waals surface area contributed by atoms with Crippen molar-refractivity contribution in [3.05, 3.63) is 59.1 Å². The number of likely N-dealkylation sites (tertiary alicyclic amines) is 1. The maximum absolute atomic E-state index is 12.9. The summed E-state index contributed by atoms with van der Waals surface area (Å²) in [7, 11) is 0. The normalized spacial score (nSPS) is 22.6. The summed E-state index contributed by atoms with van der Waals surface area (Å²) in [5.74, 6) is 1.12. The monoisotopic (exact) mass is 400 g/mol. The van der Waals surface area contributed by atoms with Gasteiger partial charge in [-0.05, 0) is 62.7 Å². The van der Waals surface area contributed by atoms with Crippen molar-refractivity contribution in [2.24, 2.45) is 0 Å². The van der Waals surface area contributed by atoms with Gasteiger partial charge < -0.3 is 14.8 Å². The summed E-state index contributed by atoms with van der Waals surface area (Å²) >= 11 is 6.20. The first-order valence-corrected chi connectivity index (χ1v) is 10.2. The van der Waals surface area contributed by atoms with Crippen LogP contribution in [-0.4, -0.2) is 42.6 Å². The van der Waals surface area contributed by atoms with Crippen LogP contribution in [0.25, 0.3) is 0 Å². The molecule has 0 saturated carbocycles. The van der Waals surface area contributed by atoms with Crippen LogP contribution in [0.4, 0.5) is 0 Å². The van der Waals surface area contributed by atoms with Crippen LogP contribution >= 0.6 is 11.6 Å². The van der Waals surface area contributed by atoms with Crippen LogP contribution < -0.4 is 14.8 Å². The largest absolute Gasteiger partial charge is 0.482 e. The second-order valence-corrected chi connectivity index (χ2v) is 7.80. The van der Waals surface area contributed by atoms with E-state index >= 15 is 0 Å². The lowest BCUT2D eigenvalue weighted by atomic mass is 10.0. The molecule has 148 valence electrons. The maximum atomic E-state index is 12.9. The van der Waals surface area contributed by atoms with Gasteiger partial charge in [0, 0.05) is 11.6 Å². The zero-order valence-electron chi connectivity index (χ0n) is 15.9. The number of carbonyl (C=O) groups is 1. The number of nitrogens with zero attached hydrogens (tertiary/aromatic N) is 1. The van der Waals surface area contributed by atoms with E-state index in [4.69, 9.17) is 21.1 Å². The van der Waals surface area contributed by atoms with E-state index in [1.807, 2.05) is 49.4 Å². The third-order valence-electron chi connectivity index (χ3n) is 5.39. The molecule has 28 heavy (non-hydrogen) atoms. The molecule has 2 aliphatic rings. The molecule has 3 atom stereocenters. The summed E-state index contributed by atoms with van der Waals surface area (Å²) < 4.78 is 11.8. The average molecular weight is 401 g/mol. The van der Waals surface area contributed by atoms with Gasteiger partial charge >= 0.3 is 0 Å². The number of carbonyl (C=O) groups excluding carboxylic acids is 1. The topological polar surface area (TPSA) is 50.8 Å². The summed E-state index contributed by atoms with van der Waals surface area (Å²) in [5, 5.41) is 3.79. The first kappa shape index (κ1) is 19.1. The Balaban J connectivity index is 1.45. The molecule has 6 heteroatoms. The molecule has 2 aliphatic heterocycles. The molecule has 2 heterocycles. The number of hydrogen-bond acceptors (Lipinski definition) is 4. The lowest BCUT2D eigenvalue weighted by molar-refractivity contribution is -0.133. The van der Waals surface area contributed by atoms with E-state index in [-0.39, 0.29) is 18.1 Å². The number of rotatable bonds is 5. The fourth-order valence-corrected chi connectivity index (χ4v) is 4.13. The molecule has 2 aromatic carbocycles. The van der Waals surface area contributed by atoms with Crippen molar-refractivity contribution in [1.29, 1.82) is 0 Å². The molecular formula is C22H25ClN2O3. The van der Waals surface area contributed by atoms with Gasteiger partial charge in [0.1, 0.15) is 6.10 Å². The van der Waals surface area contributed by atoms with E-state index in [0.717, 1.165) is 18.7 Å². The highest BCUT2D eigenvalue weighted by molar-refractivity contribution is 6.30. The number of ether oxygens (including phenoxy) is 2. The summed E-state index contributed by atoms with van der Waals surface area (Å²) in [6.07, 6.45) is 1.33. The highest BCUT2D eigenvalue weighted by Crippen LogP contribution is 2.33.